The van der Waals surface area contributed by atoms with Gasteiger partial charge in [-0.1, -0.05) is 13.3 Å². The van der Waals surface area contributed by atoms with Gasteiger partial charge in [-0.25, -0.2) is 0 Å². The molecule has 10 heteroatoms. The van der Waals surface area contributed by atoms with Gasteiger partial charge in [0.05, 0.1) is 18.2 Å². The normalized spacial score (nSPS) is 38.5. The van der Waals surface area contributed by atoms with E-state index in [1.807, 2.05) is 11.9 Å². The summed E-state index contributed by atoms with van der Waals surface area (Å²) in [7, 11) is 1.91. The molecule has 9 atom stereocenters. The van der Waals surface area contributed by atoms with Crippen LogP contribution in [0.4, 0.5) is 0 Å². The van der Waals surface area contributed by atoms with E-state index in [1.165, 1.54) is 18.7 Å². The highest BCUT2D eigenvalue weighted by molar-refractivity contribution is 7.99. The van der Waals surface area contributed by atoms with E-state index in [-0.39, 0.29) is 24.4 Å². The average molecular weight is 442 g/mol. The smallest absolute Gasteiger partial charge is 0.237 e. The Bertz CT molecular complexity index is 501. The molecule has 0 radical (unpaired) electrons. The summed E-state index contributed by atoms with van der Waals surface area (Å²) < 4.78 is 5.72. The lowest BCUT2D eigenvalue weighted by Crippen LogP contribution is -3.00. The molecular formula is C18H34ClN2O6S-. The number of ether oxygens (including phenoxy) is 1. The Morgan fingerprint density at radius 2 is 1.93 bits per heavy atom. The summed E-state index contributed by atoms with van der Waals surface area (Å²) in [6.45, 7) is 4.48. The molecule has 28 heavy (non-hydrogen) atoms. The minimum absolute atomic E-state index is 0. The molecule has 0 bridgehead atoms. The highest BCUT2D eigenvalue weighted by Crippen LogP contribution is 2.30. The summed E-state index contributed by atoms with van der Waals surface area (Å²) in [6, 6.07) is -1.20. The van der Waals surface area contributed by atoms with E-state index in [0.717, 1.165) is 25.8 Å². The number of thioether (sulfide) groups is 1. The van der Waals surface area contributed by atoms with Crippen LogP contribution in [0, 0.1) is 5.92 Å². The Morgan fingerprint density at radius 1 is 1.29 bits per heavy atom. The molecule has 0 aliphatic carbocycles. The second-order valence-electron chi connectivity index (χ2n) is 7.80. The minimum atomic E-state index is -1.42. The SMILES string of the molecule is CCCC1CC(C(=O)NC(C(C)O)[C@@H]2OC(SC)C(O)C(O)C2O)N(C)C1.[Cl-]. The van der Waals surface area contributed by atoms with Crippen molar-refractivity contribution in [2.24, 2.45) is 5.92 Å². The average Bonchev–Trinajstić information content (AvgIpc) is 2.99. The number of carbonyl (C=O) groups excluding carboxylic acids is 1. The Hall–Kier alpha value is -0.130. The van der Waals surface area contributed by atoms with Gasteiger partial charge in [-0.05, 0) is 39.0 Å². The van der Waals surface area contributed by atoms with E-state index in [9.17, 15) is 25.2 Å². The first-order valence-electron chi connectivity index (χ1n) is 9.62. The molecule has 0 aromatic rings. The lowest BCUT2D eigenvalue weighted by Gasteiger charge is -2.44. The molecule has 1 amide bonds. The number of rotatable bonds is 7. The first kappa shape index (κ1) is 25.9. The number of hydrogen-bond acceptors (Lipinski definition) is 8. The number of carbonyl (C=O) groups is 1. The largest absolute Gasteiger partial charge is 1.00 e. The highest BCUT2D eigenvalue weighted by Gasteiger charge is 2.48. The fourth-order valence-corrected chi connectivity index (χ4v) is 4.81. The van der Waals surface area contributed by atoms with E-state index < -0.39 is 42.0 Å². The fourth-order valence-electron chi connectivity index (χ4n) is 4.13. The second kappa shape index (κ2) is 11.3. The van der Waals surface area contributed by atoms with Crippen LogP contribution in [0.1, 0.15) is 33.1 Å². The molecule has 0 spiro atoms. The van der Waals surface area contributed by atoms with Gasteiger partial charge in [0.15, 0.2) is 0 Å². The molecule has 5 N–H and O–H groups in total. The van der Waals surface area contributed by atoms with Gasteiger partial charge in [0, 0.05) is 6.54 Å². The maximum Gasteiger partial charge on any atom is 0.237 e. The molecular weight excluding hydrogens is 408 g/mol. The van der Waals surface area contributed by atoms with Crippen molar-refractivity contribution < 1.29 is 42.4 Å². The number of nitrogens with one attached hydrogen (secondary N) is 1. The lowest BCUT2D eigenvalue weighted by molar-refractivity contribution is -0.211. The number of halogens is 1. The quantitative estimate of drug-likeness (QED) is 0.272. The van der Waals surface area contributed by atoms with Gasteiger partial charge in [0.25, 0.3) is 0 Å². The van der Waals surface area contributed by atoms with Crippen molar-refractivity contribution in [3.05, 3.63) is 0 Å². The minimum Gasteiger partial charge on any atom is -1.00 e. The van der Waals surface area contributed by atoms with Crippen molar-refractivity contribution in [1.29, 1.82) is 0 Å². The Morgan fingerprint density at radius 3 is 2.46 bits per heavy atom. The van der Waals surface area contributed by atoms with E-state index in [2.05, 4.69) is 12.2 Å². The van der Waals surface area contributed by atoms with Gasteiger partial charge in [0.2, 0.25) is 5.91 Å². The number of nitrogens with zero attached hydrogens (tertiary/aromatic N) is 1. The van der Waals surface area contributed by atoms with Gasteiger partial charge >= 0.3 is 0 Å². The van der Waals surface area contributed by atoms with E-state index in [1.54, 1.807) is 6.26 Å². The number of aliphatic hydroxyl groups excluding tert-OH is 4. The summed E-state index contributed by atoms with van der Waals surface area (Å²) in [4.78, 5) is 14.9. The molecule has 8 nitrogen and oxygen atoms in total. The number of amides is 1. The summed E-state index contributed by atoms with van der Waals surface area (Å²) >= 11 is 1.20. The van der Waals surface area contributed by atoms with Crippen LogP contribution >= 0.6 is 11.8 Å². The summed E-state index contributed by atoms with van der Waals surface area (Å²) in [5.74, 6) is 0.245. The van der Waals surface area contributed by atoms with Crippen LogP contribution in [0.2, 0.25) is 0 Å². The van der Waals surface area contributed by atoms with Crippen molar-refractivity contribution in [3.8, 4) is 0 Å². The summed E-state index contributed by atoms with van der Waals surface area (Å²) in [5.41, 5.74) is -0.755. The maximum absolute atomic E-state index is 12.8. The molecule has 8 unspecified atom stereocenters. The molecule has 2 rings (SSSR count). The third kappa shape index (κ3) is 5.72. The van der Waals surface area contributed by atoms with Gasteiger partial charge < -0.3 is 42.9 Å². The monoisotopic (exact) mass is 441 g/mol. The molecule has 2 fully saturated rings. The molecule has 2 aliphatic rings. The van der Waals surface area contributed by atoms with Crippen molar-refractivity contribution >= 4 is 17.7 Å². The van der Waals surface area contributed by atoms with Crippen LogP contribution in [0.3, 0.4) is 0 Å². The fraction of sp³-hybridized carbons (Fsp3) is 0.944. The van der Waals surface area contributed by atoms with Crippen LogP contribution in [-0.2, 0) is 9.53 Å². The van der Waals surface area contributed by atoms with Crippen molar-refractivity contribution in [2.75, 3.05) is 19.8 Å². The van der Waals surface area contributed by atoms with Gasteiger partial charge in [-0.15, -0.1) is 11.8 Å². The molecule has 2 aliphatic heterocycles. The summed E-state index contributed by atoms with van der Waals surface area (Å²) in [6.07, 6.45) is -1.50. The van der Waals surface area contributed by atoms with E-state index >= 15 is 0 Å². The predicted octanol–water partition coefficient (Wildman–Crippen LogP) is -3.85. The van der Waals surface area contributed by atoms with Crippen LogP contribution in [0.5, 0.6) is 0 Å². The first-order valence-corrected chi connectivity index (χ1v) is 10.9. The van der Waals surface area contributed by atoms with Crippen molar-refractivity contribution in [3.63, 3.8) is 0 Å². The predicted molar refractivity (Wildman–Crippen MR) is 103 cm³/mol. The molecule has 0 aromatic carbocycles. The third-order valence-electron chi connectivity index (χ3n) is 5.66. The van der Waals surface area contributed by atoms with Gasteiger partial charge in [-0.2, -0.15) is 0 Å². The van der Waals surface area contributed by atoms with Gasteiger partial charge in [0.1, 0.15) is 29.9 Å². The highest BCUT2D eigenvalue weighted by atomic mass is 35.5. The molecule has 166 valence electrons. The van der Waals surface area contributed by atoms with Gasteiger partial charge in [-0.3, -0.25) is 9.69 Å². The number of hydrogen-bond donors (Lipinski definition) is 5. The number of likely N-dealkylation sites (N-methyl/N-ethyl adjacent to an activating group) is 1. The zero-order chi connectivity index (χ0) is 20.3. The maximum atomic E-state index is 12.8. The number of likely N-dealkylation sites (tertiary alicyclic amines) is 1. The van der Waals surface area contributed by atoms with Crippen LogP contribution in [0.15, 0.2) is 0 Å². The molecule has 0 aromatic heterocycles. The van der Waals surface area contributed by atoms with Crippen LogP contribution < -0.4 is 17.7 Å². The third-order valence-corrected chi connectivity index (χ3v) is 6.51. The van der Waals surface area contributed by atoms with E-state index in [0.29, 0.717) is 5.92 Å². The lowest BCUT2D eigenvalue weighted by atomic mass is 9.92. The second-order valence-corrected chi connectivity index (χ2v) is 8.73. The van der Waals surface area contributed by atoms with Crippen LogP contribution in [0.25, 0.3) is 0 Å². The van der Waals surface area contributed by atoms with Crippen molar-refractivity contribution in [1.82, 2.24) is 10.2 Å². The van der Waals surface area contributed by atoms with Crippen molar-refractivity contribution in [2.45, 2.75) is 81.1 Å². The number of aliphatic hydroxyl groups is 4. The van der Waals surface area contributed by atoms with E-state index in [4.69, 9.17) is 4.74 Å². The first-order chi connectivity index (χ1) is 12.7. The Labute approximate surface area is 177 Å². The Balaban J connectivity index is 0.00000392. The molecule has 2 saturated heterocycles. The Kier molecular flexibility index (Phi) is 10.5. The molecule has 2 heterocycles. The topological polar surface area (TPSA) is 122 Å². The zero-order valence-corrected chi connectivity index (χ0v) is 18.4. The summed E-state index contributed by atoms with van der Waals surface area (Å²) in [5, 5.41) is 43.5. The molecule has 0 saturated carbocycles. The van der Waals surface area contributed by atoms with Crippen LogP contribution in [-0.4, -0.2) is 99.1 Å². The zero-order valence-electron chi connectivity index (χ0n) is 16.9. The standard InChI is InChI=1S/C18H34N2O6S.ClH/c1-5-6-10-7-11(20(3)8-10)17(25)19-12(9(2)21)16-14(23)13(22)15(24)18(26-16)27-4;/h9-16,18,21-24H,5-8H2,1-4H3,(H,19,25);1H/p-1/t9?,10?,11?,12?,13?,14?,15?,16-,18?;/m0./s1.